The van der Waals surface area contributed by atoms with Gasteiger partial charge in [-0.05, 0) is 24.5 Å². The summed E-state index contributed by atoms with van der Waals surface area (Å²) in [5.74, 6) is 0.708. The van der Waals surface area contributed by atoms with Gasteiger partial charge in [-0.25, -0.2) is 0 Å². The van der Waals surface area contributed by atoms with E-state index >= 15 is 0 Å². The molecule has 19 heavy (non-hydrogen) atoms. The first-order valence-electron chi connectivity index (χ1n) is 6.40. The van der Waals surface area contributed by atoms with Gasteiger partial charge < -0.3 is 10.2 Å². The van der Waals surface area contributed by atoms with E-state index in [4.69, 9.17) is 0 Å². The van der Waals surface area contributed by atoms with Crippen molar-refractivity contribution >= 4 is 22.9 Å². The summed E-state index contributed by atoms with van der Waals surface area (Å²) in [5.41, 5.74) is 2.48. The van der Waals surface area contributed by atoms with Gasteiger partial charge in [0, 0.05) is 18.8 Å². The number of thioether (sulfide) groups is 1. The van der Waals surface area contributed by atoms with E-state index in [0.29, 0.717) is 13.1 Å². The van der Waals surface area contributed by atoms with Crippen molar-refractivity contribution in [3.63, 3.8) is 0 Å². The highest BCUT2D eigenvalue weighted by Crippen LogP contribution is 2.16. The topological polar surface area (TPSA) is 49.4 Å². The largest absolute Gasteiger partial charge is 0.354 e. The maximum Gasteiger partial charge on any atom is 0.282 e. The molecule has 1 fully saturated rings. The maximum absolute atomic E-state index is 11.7. The fourth-order valence-corrected chi connectivity index (χ4v) is 2.85. The molecule has 0 aliphatic carbocycles. The minimum absolute atomic E-state index is 0.00838. The van der Waals surface area contributed by atoms with Crippen LogP contribution in [0, 0.1) is 6.92 Å². The monoisotopic (exact) mass is 278 g/mol. The van der Waals surface area contributed by atoms with E-state index < -0.39 is 0 Å². The van der Waals surface area contributed by atoms with E-state index in [0.717, 1.165) is 12.2 Å². The number of hydrogen-bond donors (Lipinski definition) is 1. The third kappa shape index (κ3) is 3.99. The van der Waals surface area contributed by atoms with Gasteiger partial charge in [-0.3, -0.25) is 9.59 Å². The van der Waals surface area contributed by atoms with Crippen molar-refractivity contribution in [1.82, 2.24) is 10.2 Å². The van der Waals surface area contributed by atoms with Crippen LogP contribution in [0.2, 0.25) is 0 Å². The Hall–Kier alpha value is -1.49. The third-order valence-corrected chi connectivity index (χ3v) is 4.05. The van der Waals surface area contributed by atoms with Crippen LogP contribution in [0.1, 0.15) is 11.1 Å². The predicted molar refractivity (Wildman–Crippen MR) is 77.3 cm³/mol. The molecule has 5 heteroatoms. The minimum Gasteiger partial charge on any atom is -0.354 e. The molecule has 1 saturated heterocycles. The van der Waals surface area contributed by atoms with E-state index in [1.807, 2.05) is 12.1 Å². The van der Waals surface area contributed by atoms with Crippen LogP contribution in [0.3, 0.4) is 0 Å². The van der Waals surface area contributed by atoms with Crippen molar-refractivity contribution in [2.45, 2.75) is 13.3 Å². The smallest absolute Gasteiger partial charge is 0.282 e. The summed E-state index contributed by atoms with van der Waals surface area (Å²) < 4.78 is 0. The molecule has 2 amide bonds. The second-order valence-electron chi connectivity index (χ2n) is 4.56. The lowest BCUT2D eigenvalue weighted by Gasteiger charge is -2.14. The van der Waals surface area contributed by atoms with Gasteiger partial charge in [0.25, 0.3) is 5.24 Å². The van der Waals surface area contributed by atoms with Gasteiger partial charge in [-0.1, -0.05) is 36.0 Å². The molecule has 0 aromatic heterocycles. The first-order chi connectivity index (χ1) is 9.16. The van der Waals surface area contributed by atoms with Crippen LogP contribution < -0.4 is 5.32 Å². The molecule has 0 spiro atoms. The van der Waals surface area contributed by atoms with Crippen LogP contribution in [0.15, 0.2) is 24.3 Å². The highest BCUT2D eigenvalue weighted by molar-refractivity contribution is 8.13. The second-order valence-corrected chi connectivity index (χ2v) is 5.61. The summed E-state index contributed by atoms with van der Waals surface area (Å²) in [6.45, 7) is 3.53. The summed E-state index contributed by atoms with van der Waals surface area (Å²) in [7, 11) is 0. The van der Waals surface area contributed by atoms with Crippen LogP contribution in [-0.4, -0.2) is 41.4 Å². The van der Waals surface area contributed by atoms with Gasteiger partial charge in [0.2, 0.25) is 5.91 Å². The molecule has 0 unspecified atom stereocenters. The SMILES string of the molecule is Cc1ccccc1CCNC(=O)CN1CCSC1=O. The number of rotatable bonds is 5. The Labute approximate surface area is 117 Å². The van der Waals surface area contributed by atoms with Gasteiger partial charge in [0.15, 0.2) is 0 Å². The summed E-state index contributed by atoms with van der Waals surface area (Å²) in [6, 6.07) is 8.15. The van der Waals surface area contributed by atoms with Crippen molar-refractivity contribution < 1.29 is 9.59 Å². The zero-order valence-corrected chi connectivity index (χ0v) is 11.8. The van der Waals surface area contributed by atoms with Crippen LogP contribution in [0.25, 0.3) is 0 Å². The van der Waals surface area contributed by atoms with Crippen LogP contribution in [-0.2, 0) is 11.2 Å². The average molecular weight is 278 g/mol. The Balaban J connectivity index is 1.72. The van der Waals surface area contributed by atoms with Gasteiger partial charge in [0.1, 0.15) is 6.54 Å². The molecule has 0 atom stereocenters. The number of carbonyl (C=O) groups excluding carboxylic acids is 2. The van der Waals surface area contributed by atoms with Crippen LogP contribution in [0.4, 0.5) is 4.79 Å². The molecule has 0 bridgehead atoms. The quantitative estimate of drug-likeness (QED) is 0.894. The fraction of sp³-hybridized carbons (Fsp3) is 0.429. The Morgan fingerprint density at radius 3 is 2.89 bits per heavy atom. The number of aryl methyl sites for hydroxylation is 1. The van der Waals surface area contributed by atoms with Crippen LogP contribution in [0.5, 0.6) is 0 Å². The summed E-state index contributed by atoms with van der Waals surface area (Å²) in [5, 5.41) is 2.87. The minimum atomic E-state index is -0.0792. The van der Waals surface area contributed by atoms with E-state index in [9.17, 15) is 9.59 Å². The number of carbonyl (C=O) groups is 2. The Kier molecular flexibility index (Phi) is 4.85. The van der Waals surface area contributed by atoms with Gasteiger partial charge in [0.05, 0.1) is 0 Å². The lowest BCUT2D eigenvalue weighted by atomic mass is 10.1. The van der Waals surface area contributed by atoms with E-state index in [1.165, 1.54) is 22.9 Å². The van der Waals surface area contributed by atoms with E-state index in [-0.39, 0.29) is 17.7 Å². The fourth-order valence-electron chi connectivity index (χ4n) is 2.03. The summed E-state index contributed by atoms with van der Waals surface area (Å²) in [6.07, 6.45) is 0.821. The molecule has 4 nitrogen and oxygen atoms in total. The normalized spacial score (nSPS) is 14.8. The molecule has 1 aliphatic rings. The lowest BCUT2D eigenvalue weighted by Crippen LogP contribution is -2.38. The standard InChI is InChI=1S/C14H18N2O2S/c1-11-4-2-3-5-12(11)6-7-15-13(17)10-16-8-9-19-14(16)18/h2-5H,6-10H2,1H3,(H,15,17). The van der Waals surface area contributed by atoms with Crippen molar-refractivity contribution in [1.29, 1.82) is 0 Å². The highest BCUT2D eigenvalue weighted by atomic mass is 32.2. The molecular formula is C14H18N2O2S. The van der Waals surface area contributed by atoms with Gasteiger partial charge in [-0.2, -0.15) is 0 Å². The zero-order valence-electron chi connectivity index (χ0n) is 11.0. The van der Waals surface area contributed by atoms with Gasteiger partial charge >= 0.3 is 0 Å². The number of nitrogens with one attached hydrogen (secondary N) is 1. The number of benzene rings is 1. The summed E-state index contributed by atoms with van der Waals surface area (Å²) >= 11 is 1.28. The third-order valence-electron chi connectivity index (χ3n) is 3.16. The Bertz CT molecular complexity index is 476. The molecule has 1 N–H and O–H groups in total. The Morgan fingerprint density at radius 2 is 2.21 bits per heavy atom. The average Bonchev–Trinajstić information content (AvgIpc) is 2.77. The van der Waals surface area contributed by atoms with Crippen molar-refractivity contribution in [3.05, 3.63) is 35.4 Å². The van der Waals surface area contributed by atoms with Crippen molar-refractivity contribution in [2.24, 2.45) is 0 Å². The molecule has 2 rings (SSSR count). The lowest BCUT2D eigenvalue weighted by molar-refractivity contribution is -0.121. The number of nitrogens with zero attached hydrogens (tertiary/aromatic N) is 1. The first kappa shape index (κ1) is 13.9. The van der Waals surface area contributed by atoms with Crippen molar-refractivity contribution in [2.75, 3.05) is 25.4 Å². The molecule has 1 aliphatic heterocycles. The van der Waals surface area contributed by atoms with Gasteiger partial charge in [-0.15, -0.1) is 0 Å². The maximum atomic E-state index is 11.7. The summed E-state index contributed by atoms with van der Waals surface area (Å²) in [4.78, 5) is 24.7. The zero-order chi connectivity index (χ0) is 13.7. The predicted octanol–water partition coefficient (Wildman–Crippen LogP) is 1.82. The van der Waals surface area contributed by atoms with E-state index in [1.54, 1.807) is 4.90 Å². The van der Waals surface area contributed by atoms with E-state index in [2.05, 4.69) is 24.4 Å². The Morgan fingerprint density at radius 1 is 1.42 bits per heavy atom. The molecule has 102 valence electrons. The number of hydrogen-bond acceptors (Lipinski definition) is 3. The van der Waals surface area contributed by atoms with Crippen molar-refractivity contribution in [3.8, 4) is 0 Å². The molecule has 0 saturated carbocycles. The molecule has 0 radical (unpaired) electrons. The molecule has 1 aromatic carbocycles. The molecular weight excluding hydrogens is 260 g/mol. The first-order valence-corrected chi connectivity index (χ1v) is 7.38. The molecule has 1 heterocycles. The van der Waals surface area contributed by atoms with Crippen LogP contribution >= 0.6 is 11.8 Å². The highest BCUT2D eigenvalue weighted by Gasteiger charge is 2.22. The second kappa shape index (κ2) is 6.61. The number of amides is 2. The molecule has 1 aromatic rings.